The summed E-state index contributed by atoms with van der Waals surface area (Å²) in [7, 11) is 0. The monoisotopic (exact) mass is 360 g/mol. The van der Waals surface area contributed by atoms with Crippen molar-refractivity contribution in [1.82, 2.24) is 0 Å². The van der Waals surface area contributed by atoms with Gasteiger partial charge in [-0.05, 0) is 31.1 Å². The van der Waals surface area contributed by atoms with Crippen LogP contribution in [-0.4, -0.2) is 12.0 Å². The van der Waals surface area contributed by atoms with Crippen molar-refractivity contribution in [3.63, 3.8) is 0 Å². The number of hydrogen-bond donors (Lipinski definition) is 0. The molecule has 0 heterocycles. The predicted molar refractivity (Wildman–Crippen MR) is 74.8 cm³/mol. The highest BCUT2D eigenvalue weighted by Gasteiger charge is 2.72. The topological polar surface area (TPSA) is 0 Å². The maximum Gasteiger partial charge on any atom is 0.348 e. The van der Waals surface area contributed by atoms with Gasteiger partial charge in [0, 0.05) is 4.66 Å². The molecule has 0 radical (unpaired) electrons. The molecule has 2 fully saturated rings. The molecule has 0 N–H and O–H groups in total. The lowest BCUT2D eigenvalue weighted by Crippen LogP contribution is -2.50. The predicted octanol–water partition coefficient (Wildman–Crippen LogP) is 5.40. The van der Waals surface area contributed by atoms with Crippen LogP contribution in [0.15, 0.2) is 0 Å². The molecule has 0 aromatic carbocycles. The van der Waals surface area contributed by atoms with Crippen LogP contribution in [0.2, 0.25) is 4.66 Å². The number of fused-ring (bicyclic) bond motifs is 2. The zero-order valence-electron chi connectivity index (χ0n) is 7.75. The van der Waals surface area contributed by atoms with E-state index in [2.05, 4.69) is 0 Å². The molecule has 0 aromatic heterocycles. The molecule has 88 valence electrons. The smallest absolute Gasteiger partial charge is 0.126 e. The Morgan fingerprint density at radius 1 is 0.867 bits per heavy atom. The first-order chi connectivity index (χ1) is 6.68. The molecule has 2 aliphatic carbocycles. The van der Waals surface area contributed by atoms with Crippen LogP contribution in [0, 0.1) is 11.8 Å². The lowest BCUT2D eigenvalue weighted by molar-refractivity contribution is 0.437. The summed E-state index contributed by atoms with van der Waals surface area (Å²) in [6, 6.07) is -5.96. The fourth-order valence-electron chi connectivity index (χ4n) is 3.19. The highest BCUT2D eigenvalue weighted by atomic mass is 35.8. The zero-order valence-corrected chi connectivity index (χ0v) is 14.3. The first kappa shape index (κ1) is 13.6. The molecule has 0 nitrogen and oxygen atoms in total. The van der Waals surface area contributed by atoms with Gasteiger partial charge in [-0.2, -0.15) is 0 Å². The molecule has 8 heteroatoms. The van der Waals surface area contributed by atoms with Gasteiger partial charge in [0.15, 0.2) is 0 Å². The second-order valence-corrected chi connectivity index (χ2v) is 22.5. The molecule has 0 spiro atoms. The van der Waals surface area contributed by atoms with Crippen molar-refractivity contribution in [1.29, 1.82) is 0 Å². The van der Waals surface area contributed by atoms with Crippen LogP contribution in [-0.2, 0) is 0 Å². The Morgan fingerprint density at radius 3 is 1.60 bits per heavy atom. The standard InChI is InChI=1S/C7H10Cl6Si2/c8-14(9,10)7(15(11,12)13)4-5-1-2-6(7)3-5/h5-6H,1-4H2. The summed E-state index contributed by atoms with van der Waals surface area (Å²) in [6.45, 7) is 0. The van der Waals surface area contributed by atoms with Gasteiger partial charge >= 0.3 is 12.0 Å². The first-order valence-corrected chi connectivity index (χ1v) is 14.9. The lowest BCUT2D eigenvalue weighted by atomic mass is 9.99. The van der Waals surface area contributed by atoms with Crippen LogP contribution in [0.1, 0.15) is 25.7 Å². The van der Waals surface area contributed by atoms with Crippen molar-refractivity contribution in [2.45, 2.75) is 30.3 Å². The summed E-state index contributed by atoms with van der Waals surface area (Å²) in [6.07, 6.45) is 4.17. The fourth-order valence-corrected chi connectivity index (χ4v) is 22.7. The van der Waals surface area contributed by atoms with Crippen LogP contribution in [0.25, 0.3) is 0 Å². The number of rotatable bonds is 2. The van der Waals surface area contributed by atoms with E-state index in [1.165, 1.54) is 6.42 Å². The molecule has 2 atom stereocenters. The van der Waals surface area contributed by atoms with Gasteiger partial charge in [0.25, 0.3) is 0 Å². The van der Waals surface area contributed by atoms with Gasteiger partial charge < -0.3 is 0 Å². The molecule has 2 aliphatic rings. The highest BCUT2D eigenvalue weighted by Crippen LogP contribution is 2.73. The average Bonchev–Trinajstić information content (AvgIpc) is 2.57. The molecule has 0 aromatic rings. The Morgan fingerprint density at radius 2 is 1.40 bits per heavy atom. The highest BCUT2D eigenvalue weighted by molar-refractivity contribution is 7.76. The summed E-state index contributed by atoms with van der Waals surface area (Å²) < 4.78 is -0.543. The third-order valence-electron chi connectivity index (χ3n) is 3.86. The van der Waals surface area contributed by atoms with E-state index < -0.39 is 16.7 Å². The summed E-state index contributed by atoms with van der Waals surface area (Å²) in [4.78, 5) is 0. The molecule has 0 aliphatic heterocycles. The molecular weight excluding hydrogens is 353 g/mol. The summed E-state index contributed by atoms with van der Waals surface area (Å²) in [5, 5.41) is 0. The van der Waals surface area contributed by atoms with Gasteiger partial charge in [0.2, 0.25) is 0 Å². The lowest BCUT2D eigenvalue weighted by Gasteiger charge is -2.45. The van der Waals surface area contributed by atoms with Crippen LogP contribution in [0.5, 0.6) is 0 Å². The minimum absolute atomic E-state index is 0.334. The van der Waals surface area contributed by atoms with E-state index in [1.54, 1.807) is 0 Å². The van der Waals surface area contributed by atoms with Gasteiger partial charge in [0.1, 0.15) is 0 Å². The zero-order chi connectivity index (χ0) is 11.5. The fraction of sp³-hybridized carbons (Fsp3) is 1.00. The second kappa shape index (κ2) is 4.09. The Bertz CT molecular complexity index is 256. The van der Waals surface area contributed by atoms with Gasteiger partial charge in [-0.1, -0.05) is 6.42 Å². The van der Waals surface area contributed by atoms with E-state index >= 15 is 0 Å². The van der Waals surface area contributed by atoms with Crippen LogP contribution >= 0.6 is 66.5 Å². The van der Waals surface area contributed by atoms with Crippen LogP contribution in [0.4, 0.5) is 0 Å². The molecule has 0 amide bonds. The van der Waals surface area contributed by atoms with E-state index in [1.807, 2.05) is 0 Å². The molecule has 2 unspecified atom stereocenters. The Hall–Kier alpha value is 2.17. The van der Waals surface area contributed by atoms with Gasteiger partial charge in [-0.3, -0.25) is 0 Å². The third-order valence-corrected chi connectivity index (χ3v) is 18.3. The quantitative estimate of drug-likeness (QED) is 0.456. The summed E-state index contributed by atoms with van der Waals surface area (Å²) >= 11 is 37.4. The third kappa shape index (κ3) is 2.01. The van der Waals surface area contributed by atoms with Crippen LogP contribution < -0.4 is 0 Å². The SMILES string of the molecule is Cl[Si](Cl)(Cl)C1([Si](Cl)(Cl)Cl)CC2CCC1C2. The minimum Gasteiger partial charge on any atom is -0.126 e. The maximum atomic E-state index is 6.23. The summed E-state index contributed by atoms with van der Waals surface area (Å²) in [5.74, 6) is 0.946. The second-order valence-electron chi connectivity index (χ2n) is 4.55. The van der Waals surface area contributed by atoms with Crippen molar-refractivity contribution in [3.05, 3.63) is 0 Å². The van der Waals surface area contributed by atoms with Gasteiger partial charge in [-0.15, -0.1) is 66.5 Å². The first-order valence-electron chi connectivity index (χ1n) is 4.82. The van der Waals surface area contributed by atoms with Crippen molar-refractivity contribution in [2.24, 2.45) is 11.8 Å². The largest absolute Gasteiger partial charge is 0.348 e. The molecule has 2 bridgehead atoms. The van der Waals surface area contributed by atoms with E-state index in [4.69, 9.17) is 66.5 Å². The Balaban J connectivity index is 2.42. The molecular formula is C7H10Cl6Si2. The summed E-state index contributed by atoms with van der Waals surface area (Å²) in [5.41, 5.74) is 0. The van der Waals surface area contributed by atoms with Crippen LogP contribution in [0.3, 0.4) is 0 Å². The van der Waals surface area contributed by atoms with E-state index in [0.717, 1.165) is 19.3 Å². The van der Waals surface area contributed by atoms with Gasteiger partial charge in [0.05, 0.1) is 0 Å². The Labute approximate surface area is 120 Å². The maximum absolute atomic E-state index is 6.23. The van der Waals surface area contributed by atoms with Crippen molar-refractivity contribution in [3.8, 4) is 0 Å². The minimum atomic E-state index is -2.98. The average molecular weight is 363 g/mol. The van der Waals surface area contributed by atoms with Crippen molar-refractivity contribution < 1.29 is 0 Å². The molecule has 0 saturated heterocycles. The van der Waals surface area contributed by atoms with E-state index in [-0.39, 0.29) is 0 Å². The molecule has 2 rings (SSSR count). The van der Waals surface area contributed by atoms with Gasteiger partial charge in [-0.25, -0.2) is 0 Å². The molecule has 2 saturated carbocycles. The molecule has 15 heavy (non-hydrogen) atoms. The Kier molecular flexibility index (Phi) is 3.71. The van der Waals surface area contributed by atoms with Crippen molar-refractivity contribution >= 4 is 78.5 Å². The normalized spacial score (nSPS) is 34.8. The van der Waals surface area contributed by atoms with E-state index in [9.17, 15) is 0 Å². The van der Waals surface area contributed by atoms with Crippen molar-refractivity contribution in [2.75, 3.05) is 0 Å². The van der Waals surface area contributed by atoms with E-state index in [0.29, 0.717) is 11.8 Å². The number of halogens is 6. The number of hydrogen-bond acceptors (Lipinski definition) is 0.